The van der Waals surface area contributed by atoms with Crippen molar-refractivity contribution in [2.45, 2.75) is 12.8 Å². The fourth-order valence-corrected chi connectivity index (χ4v) is 9.35. The summed E-state index contributed by atoms with van der Waals surface area (Å²) in [5, 5.41) is 7.27. The maximum Gasteiger partial charge on any atom is 0.136 e. The molecule has 0 aliphatic heterocycles. The Bertz CT molecular complexity index is 3460. The second-order valence-electron chi connectivity index (χ2n) is 15.2. The fourth-order valence-electron chi connectivity index (χ4n) is 9.35. The van der Waals surface area contributed by atoms with Gasteiger partial charge in [-0.15, -0.1) is 0 Å². The summed E-state index contributed by atoms with van der Waals surface area (Å²) in [6, 6.07) is 62.1. The zero-order valence-corrected chi connectivity index (χ0v) is 31.2. The average Bonchev–Trinajstić information content (AvgIpc) is 3.90. The van der Waals surface area contributed by atoms with E-state index in [4.69, 9.17) is 4.42 Å². The van der Waals surface area contributed by atoms with Crippen LogP contribution in [0.25, 0.3) is 99.2 Å². The van der Waals surface area contributed by atoms with E-state index in [0.29, 0.717) is 0 Å². The van der Waals surface area contributed by atoms with Crippen molar-refractivity contribution in [2.24, 2.45) is 0 Å². The standard InChI is InChI=1S/C54H36N2O/c1-2-7-17-41-35(13-4-1)14-12-21-48(41)56-49-20-10-8-18-42(49)45-31-36(26-30-52(45)56)37-24-28-50-46(32-37)47-33-38(25-29-51(47)55(50)40-15-5-3-6-16-40)39-23-27-44-43-19-9-11-22-53(43)57-54(44)34-39/h1-12,14-16,18-34H,13,17H2. The first-order valence-corrected chi connectivity index (χ1v) is 19.8. The molecule has 3 nitrogen and oxygen atoms in total. The lowest BCUT2D eigenvalue weighted by molar-refractivity contribution is 0.669. The number of benzene rings is 8. The van der Waals surface area contributed by atoms with Crippen LogP contribution in [0.3, 0.4) is 0 Å². The van der Waals surface area contributed by atoms with Crippen LogP contribution in [0.4, 0.5) is 0 Å². The Morgan fingerprint density at radius 2 is 0.930 bits per heavy atom. The molecular weight excluding hydrogens is 693 g/mol. The molecule has 3 aromatic heterocycles. The number of furan rings is 1. The summed E-state index contributed by atoms with van der Waals surface area (Å²) in [5.41, 5.74) is 16.5. The Morgan fingerprint density at radius 1 is 0.368 bits per heavy atom. The van der Waals surface area contributed by atoms with E-state index in [-0.39, 0.29) is 0 Å². The normalized spacial score (nSPS) is 13.0. The molecule has 1 aliphatic carbocycles. The third-order valence-electron chi connectivity index (χ3n) is 12.0. The van der Waals surface area contributed by atoms with E-state index in [1.165, 1.54) is 71.6 Å². The van der Waals surface area contributed by atoms with Crippen molar-refractivity contribution in [1.29, 1.82) is 0 Å². The Labute approximate surface area is 329 Å². The number of para-hydroxylation sites is 3. The number of aromatic nitrogens is 2. The zero-order valence-electron chi connectivity index (χ0n) is 31.2. The molecule has 1 aliphatic rings. The first-order valence-electron chi connectivity index (χ1n) is 19.8. The van der Waals surface area contributed by atoms with Gasteiger partial charge in [-0.3, -0.25) is 0 Å². The summed E-state index contributed by atoms with van der Waals surface area (Å²) < 4.78 is 11.2. The van der Waals surface area contributed by atoms with Crippen molar-refractivity contribution in [2.75, 3.05) is 0 Å². The van der Waals surface area contributed by atoms with E-state index in [2.05, 4.69) is 191 Å². The Hall–Kier alpha value is -7.36. The minimum absolute atomic E-state index is 0.909. The van der Waals surface area contributed by atoms with Crippen LogP contribution >= 0.6 is 0 Å². The first-order chi connectivity index (χ1) is 28.3. The second kappa shape index (κ2) is 12.6. The van der Waals surface area contributed by atoms with Crippen LogP contribution in [0.5, 0.6) is 0 Å². The monoisotopic (exact) mass is 728 g/mol. The summed E-state index contributed by atoms with van der Waals surface area (Å²) in [4.78, 5) is 0. The molecule has 0 bridgehead atoms. The smallest absolute Gasteiger partial charge is 0.136 e. The summed E-state index contributed by atoms with van der Waals surface area (Å²) in [5.74, 6) is 0. The number of hydrogen-bond acceptors (Lipinski definition) is 1. The molecule has 11 aromatic rings. The number of rotatable bonds is 4. The van der Waals surface area contributed by atoms with Gasteiger partial charge in [0.1, 0.15) is 11.2 Å². The topological polar surface area (TPSA) is 23.0 Å². The van der Waals surface area contributed by atoms with Crippen molar-refractivity contribution in [3.05, 3.63) is 205 Å². The van der Waals surface area contributed by atoms with Gasteiger partial charge in [0.25, 0.3) is 0 Å². The molecule has 3 heteroatoms. The predicted molar refractivity (Wildman–Crippen MR) is 239 cm³/mol. The van der Waals surface area contributed by atoms with E-state index < -0.39 is 0 Å². The third kappa shape index (κ3) is 4.99. The summed E-state index contributed by atoms with van der Waals surface area (Å²) in [7, 11) is 0. The van der Waals surface area contributed by atoms with Crippen LogP contribution in [-0.4, -0.2) is 9.13 Å². The van der Waals surface area contributed by atoms with Crippen LogP contribution in [0, 0.1) is 0 Å². The second-order valence-corrected chi connectivity index (χ2v) is 15.2. The molecule has 0 spiro atoms. The minimum Gasteiger partial charge on any atom is -0.456 e. The van der Waals surface area contributed by atoms with E-state index >= 15 is 0 Å². The van der Waals surface area contributed by atoms with E-state index in [0.717, 1.165) is 51.6 Å². The van der Waals surface area contributed by atoms with Gasteiger partial charge in [-0.1, -0.05) is 115 Å². The zero-order chi connectivity index (χ0) is 37.5. The van der Waals surface area contributed by atoms with E-state index in [9.17, 15) is 0 Å². The number of hydrogen-bond donors (Lipinski definition) is 0. The van der Waals surface area contributed by atoms with Gasteiger partial charge >= 0.3 is 0 Å². The highest BCUT2D eigenvalue weighted by Gasteiger charge is 2.19. The highest BCUT2D eigenvalue weighted by Crippen LogP contribution is 2.41. The molecule has 12 rings (SSSR count). The van der Waals surface area contributed by atoms with Gasteiger partial charge in [-0.05, 0) is 125 Å². The molecule has 0 unspecified atom stereocenters. The van der Waals surface area contributed by atoms with Gasteiger partial charge in [-0.2, -0.15) is 0 Å². The van der Waals surface area contributed by atoms with Gasteiger partial charge in [-0.25, -0.2) is 0 Å². The molecule has 0 amide bonds. The maximum absolute atomic E-state index is 6.31. The van der Waals surface area contributed by atoms with Crippen LogP contribution in [0.2, 0.25) is 0 Å². The average molecular weight is 729 g/mol. The van der Waals surface area contributed by atoms with E-state index in [1.54, 1.807) is 0 Å². The molecule has 0 radical (unpaired) electrons. The molecule has 268 valence electrons. The summed E-state index contributed by atoms with van der Waals surface area (Å²) in [6.07, 6.45) is 10.7. The van der Waals surface area contributed by atoms with Gasteiger partial charge in [0, 0.05) is 43.7 Å². The van der Waals surface area contributed by atoms with Crippen molar-refractivity contribution in [1.82, 2.24) is 9.13 Å². The molecule has 8 aromatic carbocycles. The van der Waals surface area contributed by atoms with Crippen molar-refractivity contribution < 1.29 is 4.42 Å². The minimum atomic E-state index is 0.909. The fraction of sp³-hybridized carbons (Fsp3) is 0.0370. The molecule has 3 heterocycles. The van der Waals surface area contributed by atoms with Crippen LogP contribution < -0.4 is 0 Å². The molecular formula is C54H36N2O. The lowest BCUT2D eigenvalue weighted by Crippen LogP contribution is -2.03. The first kappa shape index (κ1) is 31.9. The molecule has 0 saturated heterocycles. The highest BCUT2D eigenvalue weighted by atomic mass is 16.3. The predicted octanol–water partition coefficient (Wildman–Crippen LogP) is 14.3. The number of allylic oxidation sites excluding steroid dienone is 4. The Morgan fingerprint density at radius 3 is 1.68 bits per heavy atom. The van der Waals surface area contributed by atoms with Crippen LogP contribution in [-0.2, 0) is 12.8 Å². The number of fused-ring (bicyclic) bond motifs is 10. The largest absolute Gasteiger partial charge is 0.456 e. The molecule has 0 N–H and O–H groups in total. The molecule has 0 saturated carbocycles. The Kier molecular flexibility index (Phi) is 7.05. The highest BCUT2D eigenvalue weighted by molar-refractivity contribution is 6.14. The maximum atomic E-state index is 6.31. The Balaban J connectivity index is 1.04. The lowest BCUT2D eigenvalue weighted by atomic mass is 9.97. The van der Waals surface area contributed by atoms with Crippen molar-refractivity contribution in [3.63, 3.8) is 0 Å². The van der Waals surface area contributed by atoms with Crippen LogP contribution in [0.1, 0.15) is 11.1 Å². The molecule has 0 atom stereocenters. The van der Waals surface area contributed by atoms with E-state index in [1.807, 2.05) is 12.1 Å². The van der Waals surface area contributed by atoms with Crippen molar-refractivity contribution >= 4 is 65.6 Å². The number of nitrogens with zero attached hydrogens (tertiary/aromatic N) is 2. The van der Waals surface area contributed by atoms with Gasteiger partial charge in [0.2, 0.25) is 0 Å². The quantitative estimate of drug-likeness (QED) is 0.177. The van der Waals surface area contributed by atoms with Gasteiger partial charge in [0.15, 0.2) is 0 Å². The SMILES string of the molecule is C1=CCc2cccc(-n3c4ccccc4c4cc(-c5ccc6c(c5)c5cc(-c7ccc8c(c7)oc7ccccc78)ccc5n6-c5ccccc5)ccc43)c2CC=C1. The summed E-state index contributed by atoms with van der Waals surface area (Å²) >= 11 is 0. The van der Waals surface area contributed by atoms with Crippen molar-refractivity contribution in [3.8, 4) is 33.6 Å². The van der Waals surface area contributed by atoms with Gasteiger partial charge in [0.05, 0.1) is 22.1 Å². The summed E-state index contributed by atoms with van der Waals surface area (Å²) in [6.45, 7) is 0. The lowest BCUT2D eigenvalue weighted by Gasteiger charge is -2.17. The molecule has 0 fully saturated rings. The third-order valence-corrected chi connectivity index (χ3v) is 12.0. The van der Waals surface area contributed by atoms with Crippen LogP contribution in [0.15, 0.2) is 199 Å². The van der Waals surface area contributed by atoms with Gasteiger partial charge < -0.3 is 13.6 Å². The molecule has 57 heavy (non-hydrogen) atoms.